The zero-order valence-electron chi connectivity index (χ0n) is 9.51. The number of piperidine rings is 1. The fourth-order valence-electron chi connectivity index (χ4n) is 2.03. The Bertz CT molecular complexity index is 177. The standard InChI is InChI=1S/C12H23NO/c1-4-5-11-8-13-7-6-12(11)14-9-10(2)3/h11-13H,2,4-9H2,1,3H3. The Balaban J connectivity index is 2.33. The first kappa shape index (κ1) is 11.7. The van der Waals surface area contributed by atoms with Gasteiger partial charge < -0.3 is 10.1 Å². The molecule has 0 bridgehead atoms. The van der Waals surface area contributed by atoms with E-state index in [1.807, 2.05) is 6.92 Å². The number of nitrogens with one attached hydrogen (secondary N) is 1. The van der Waals surface area contributed by atoms with Gasteiger partial charge in [0.05, 0.1) is 12.7 Å². The Morgan fingerprint density at radius 3 is 3.00 bits per heavy atom. The summed E-state index contributed by atoms with van der Waals surface area (Å²) in [4.78, 5) is 0. The van der Waals surface area contributed by atoms with Crippen molar-refractivity contribution in [2.45, 2.75) is 39.2 Å². The average molecular weight is 197 g/mol. The highest BCUT2D eigenvalue weighted by molar-refractivity contribution is 4.89. The van der Waals surface area contributed by atoms with E-state index in [-0.39, 0.29) is 0 Å². The van der Waals surface area contributed by atoms with Gasteiger partial charge in [0.2, 0.25) is 0 Å². The number of ether oxygens (including phenoxy) is 1. The van der Waals surface area contributed by atoms with Crippen molar-refractivity contribution in [2.24, 2.45) is 5.92 Å². The van der Waals surface area contributed by atoms with E-state index in [1.54, 1.807) is 0 Å². The second-order valence-electron chi connectivity index (χ2n) is 4.35. The molecule has 0 radical (unpaired) electrons. The summed E-state index contributed by atoms with van der Waals surface area (Å²) in [6, 6.07) is 0. The van der Waals surface area contributed by atoms with Gasteiger partial charge in [0, 0.05) is 6.54 Å². The molecule has 1 saturated heterocycles. The van der Waals surface area contributed by atoms with Crippen LogP contribution in [0.15, 0.2) is 12.2 Å². The molecule has 1 N–H and O–H groups in total. The second kappa shape index (κ2) is 6.20. The summed E-state index contributed by atoms with van der Waals surface area (Å²) in [7, 11) is 0. The first-order valence-electron chi connectivity index (χ1n) is 5.70. The monoisotopic (exact) mass is 197 g/mol. The Kier molecular flexibility index (Phi) is 5.20. The van der Waals surface area contributed by atoms with Crippen molar-refractivity contribution >= 4 is 0 Å². The lowest BCUT2D eigenvalue weighted by atomic mass is 9.92. The molecule has 1 fully saturated rings. The average Bonchev–Trinajstić information content (AvgIpc) is 2.17. The number of hydrogen-bond acceptors (Lipinski definition) is 2. The van der Waals surface area contributed by atoms with Gasteiger partial charge in [-0.2, -0.15) is 0 Å². The molecule has 1 aliphatic heterocycles. The van der Waals surface area contributed by atoms with E-state index in [0.717, 1.165) is 31.7 Å². The minimum absolute atomic E-state index is 0.452. The van der Waals surface area contributed by atoms with Crippen molar-refractivity contribution in [1.29, 1.82) is 0 Å². The summed E-state index contributed by atoms with van der Waals surface area (Å²) in [5.74, 6) is 0.702. The van der Waals surface area contributed by atoms with Gasteiger partial charge in [-0.1, -0.05) is 25.5 Å². The highest BCUT2D eigenvalue weighted by Gasteiger charge is 2.24. The quantitative estimate of drug-likeness (QED) is 0.683. The molecule has 0 saturated carbocycles. The Hall–Kier alpha value is -0.340. The van der Waals surface area contributed by atoms with Gasteiger partial charge in [0.25, 0.3) is 0 Å². The molecule has 2 unspecified atom stereocenters. The highest BCUT2D eigenvalue weighted by Crippen LogP contribution is 2.20. The van der Waals surface area contributed by atoms with E-state index in [2.05, 4.69) is 18.8 Å². The molecule has 0 aliphatic carbocycles. The van der Waals surface area contributed by atoms with E-state index < -0.39 is 0 Å². The predicted octanol–water partition coefficient (Wildman–Crippen LogP) is 2.36. The van der Waals surface area contributed by atoms with Crippen molar-refractivity contribution in [3.8, 4) is 0 Å². The topological polar surface area (TPSA) is 21.3 Å². The molecule has 1 heterocycles. The van der Waals surface area contributed by atoms with E-state index in [1.165, 1.54) is 12.8 Å². The maximum Gasteiger partial charge on any atom is 0.0675 e. The van der Waals surface area contributed by atoms with Crippen LogP contribution in [0, 0.1) is 5.92 Å². The minimum atomic E-state index is 0.452. The third-order valence-corrected chi connectivity index (χ3v) is 2.74. The SMILES string of the molecule is C=C(C)COC1CCNCC1CCC. The lowest BCUT2D eigenvalue weighted by Gasteiger charge is -2.32. The van der Waals surface area contributed by atoms with Gasteiger partial charge in [-0.3, -0.25) is 0 Å². The number of rotatable bonds is 5. The van der Waals surface area contributed by atoms with Gasteiger partial charge in [0.1, 0.15) is 0 Å². The molecule has 0 aromatic carbocycles. The van der Waals surface area contributed by atoms with E-state index in [9.17, 15) is 0 Å². The molecule has 0 spiro atoms. The summed E-state index contributed by atoms with van der Waals surface area (Å²) in [6.07, 6.45) is 4.12. The van der Waals surface area contributed by atoms with Crippen LogP contribution in [0.25, 0.3) is 0 Å². The van der Waals surface area contributed by atoms with Crippen molar-refractivity contribution in [1.82, 2.24) is 5.32 Å². The zero-order valence-corrected chi connectivity index (χ0v) is 9.51. The predicted molar refractivity (Wildman–Crippen MR) is 60.4 cm³/mol. The van der Waals surface area contributed by atoms with Crippen LogP contribution in [-0.4, -0.2) is 25.8 Å². The van der Waals surface area contributed by atoms with Gasteiger partial charge in [-0.25, -0.2) is 0 Å². The van der Waals surface area contributed by atoms with E-state index in [4.69, 9.17) is 4.74 Å². The molecule has 2 atom stereocenters. The Morgan fingerprint density at radius 2 is 2.36 bits per heavy atom. The highest BCUT2D eigenvalue weighted by atomic mass is 16.5. The summed E-state index contributed by atoms with van der Waals surface area (Å²) in [6.45, 7) is 11.1. The fraction of sp³-hybridized carbons (Fsp3) is 0.833. The van der Waals surface area contributed by atoms with Crippen LogP contribution in [-0.2, 0) is 4.74 Å². The molecule has 2 nitrogen and oxygen atoms in total. The van der Waals surface area contributed by atoms with Gasteiger partial charge in [-0.15, -0.1) is 0 Å². The molecule has 82 valence electrons. The third-order valence-electron chi connectivity index (χ3n) is 2.74. The van der Waals surface area contributed by atoms with Gasteiger partial charge >= 0.3 is 0 Å². The summed E-state index contributed by atoms with van der Waals surface area (Å²) >= 11 is 0. The molecule has 0 aromatic heterocycles. The summed E-state index contributed by atoms with van der Waals surface area (Å²) < 4.78 is 5.87. The van der Waals surface area contributed by atoms with Gasteiger partial charge in [0.15, 0.2) is 0 Å². The molecule has 14 heavy (non-hydrogen) atoms. The Morgan fingerprint density at radius 1 is 1.57 bits per heavy atom. The van der Waals surface area contributed by atoms with E-state index in [0.29, 0.717) is 12.0 Å². The van der Waals surface area contributed by atoms with Crippen molar-refractivity contribution in [3.05, 3.63) is 12.2 Å². The first-order valence-corrected chi connectivity index (χ1v) is 5.70. The van der Waals surface area contributed by atoms with Crippen LogP contribution in [0.1, 0.15) is 33.1 Å². The fourth-order valence-corrected chi connectivity index (χ4v) is 2.03. The van der Waals surface area contributed by atoms with Crippen LogP contribution in [0.5, 0.6) is 0 Å². The molecule has 1 aliphatic rings. The normalized spacial score (nSPS) is 27.6. The first-order chi connectivity index (χ1) is 6.74. The maximum absolute atomic E-state index is 5.87. The summed E-state index contributed by atoms with van der Waals surface area (Å²) in [5, 5.41) is 3.43. The lowest BCUT2D eigenvalue weighted by Crippen LogP contribution is -2.41. The lowest BCUT2D eigenvalue weighted by molar-refractivity contribution is 0.00433. The molecule has 1 rings (SSSR count). The Labute approximate surface area is 87.7 Å². The molecule has 0 aromatic rings. The molecular weight excluding hydrogens is 174 g/mol. The number of hydrogen-bond donors (Lipinski definition) is 1. The van der Waals surface area contributed by atoms with Crippen LogP contribution < -0.4 is 5.32 Å². The summed E-state index contributed by atoms with van der Waals surface area (Å²) in [5.41, 5.74) is 1.12. The maximum atomic E-state index is 5.87. The van der Waals surface area contributed by atoms with Crippen LogP contribution >= 0.6 is 0 Å². The molecule has 0 amide bonds. The van der Waals surface area contributed by atoms with Crippen molar-refractivity contribution < 1.29 is 4.74 Å². The van der Waals surface area contributed by atoms with Crippen LogP contribution in [0.2, 0.25) is 0 Å². The van der Waals surface area contributed by atoms with Crippen molar-refractivity contribution in [3.63, 3.8) is 0 Å². The van der Waals surface area contributed by atoms with Gasteiger partial charge in [-0.05, 0) is 32.2 Å². The van der Waals surface area contributed by atoms with Crippen molar-refractivity contribution in [2.75, 3.05) is 19.7 Å². The zero-order chi connectivity index (χ0) is 10.4. The smallest absolute Gasteiger partial charge is 0.0675 e. The third kappa shape index (κ3) is 3.81. The second-order valence-corrected chi connectivity index (χ2v) is 4.35. The molecule has 2 heteroatoms. The molecular formula is C12H23NO. The minimum Gasteiger partial charge on any atom is -0.374 e. The van der Waals surface area contributed by atoms with Crippen LogP contribution in [0.3, 0.4) is 0 Å². The largest absolute Gasteiger partial charge is 0.374 e. The van der Waals surface area contributed by atoms with Crippen LogP contribution in [0.4, 0.5) is 0 Å². The van der Waals surface area contributed by atoms with E-state index >= 15 is 0 Å².